The standard InChI is InChI=1S/C23H20FN5O5/c1-4-28-12-15(13-7-5-6-8-18(13)28)21-14(22(30)34-3)11-25-23(27-21)26-17-10-19(29(31)32)16(24)9-20(17)33-2/h5-12H,4H2,1-3H3,(H,25,26,27). The van der Waals surface area contributed by atoms with Gasteiger partial charge in [0.2, 0.25) is 11.8 Å². The first kappa shape index (κ1) is 22.6. The predicted molar refractivity (Wildman–Crippen MR) is 123 cm³/mol. The zero-order valence-electron chi connectivity index (χ0n) is 18.5. The molecule has 4 rings (SSSR count). The van der Waals surface area contributed by atoms with Crippen LogP contribution in [0.4, 0.5) is 21.7 Å². The Balaban J connectivity index is 1.88. The van der Waals surface area contributed by atoms with Crippen molar-refractivity contribution in [3.63, 3.8) is 0 Å². The van der Waals surface area contributed by atoms with E-state index in [1.165, 1.54) is 20.4 Å². The summed E-state index contributed by atoms with van der Waals surface area (Å²) in [5, 5.41) is 14.9. The maximum absolute atomic E-state index is 14.0. The molecule has 2 heterocycles. The lowest BCUT2D eigenvalue weighted by Crippen LogP contribution is -2.09. The number of nitro groups is 1. The van der Waals surface area contributed by atoms with Crippen molar-refractivity contribution in [2.75, 3.05) is 19.5 Å². The summed E-state index contributed by atoms with van der Waals surface area (Å²) in [6.45, 7) is 2.69. The van der Waals surface area contributed by atoms with E-state index in [2.05, 4.69) is 15.3 Å². The van der Waals surface area contributed by atoms with Crippen molar-refractivity contribution < 1.29 is 23.6 Å². The number of esters is 1. The van der Waals surface area contributed by atoms with Gasteiger partial charge in [-0.3, -0.25) is 10.1 Å². The van der Waals surface area contributed by atoms with E-state index in [1.807, 2.05) is 42.0 Å². The van der Waals surface area contributed by atoms with Crippen LogP contribution < -0.4 is 10.1 Å². The molecule has 2 aromatic carbocycles. The van der Waals surface area contributed by atoms with Gasteiger partial charge in [-0.25, -0.2) is 14.8 Å². The Labute approximate surface area is 193 Å². The summed E-state index contributed by atoms with van der Waals surface area (Å²) in [5.41, 5.74) is 1.44. The van der Waals surface area contributed by atoms with Crippen molar-refractivity contribution in [2.45, 2.75) is 13.5 Å². The molecule has 2 aromatic heterocycles. The number of aromatic nitrogens is 3. The molecule has 0 spiro atoms. The van der Waals surface area contributed by atoms with Gasteiger partial charge in [-0.1, -0.05) is 18.2 Å². The van der Waals surface area contributed by atoms with Crippen molar-refractivity contribution in [1.82, 2.24) is 14.5 Å². The molecule has 10 nitrogen and oxygen atoms in total. The minimum absolute atomic E-state index is 0.0212. The van der Waals surface area contributed by atoms with Gasteiger partial charge in [0.1, 0.15) is 11.3 Å². The van der Waals surface area contributed by atoms with Crippen LogP contribution in [-0.2, 0) is 11.3 Å². The number of benzene rings is 2. The Bertz CT molecular complexity index is 1420. The fourth-order valence-electron chi connectivity index (χ4n) is 3.67. The number of nitrogens with one attached hydrogen (secondary N) is 1. The number of hydrogen-bond donors (Lipinski definition) is 1. The summed E-state index contributed by atoms with van der Waals surface area (Å²) in [6, 6.07) is 9.57. The second-order valence-electron chi connectivity index (χ2n) is 7.18. The zero-order chi connectivity index (χ0) is 24.4. The first-order valence-electron chi connectivity index (χ1n) is 10.2. The largest absolute Gasteiger partial charge is 0.494 e. The minimum Gasteiger partial charge on any atom is -0.494 e. The van der Waals surface area contributed by atoms with Gasteiger partial charge < -0.3 is 19.4 Å². The molecule has 34 heavy (non-hydrogen) atoms. The number of halogens is 1. The summed E-state index contributed by atoms with van der Waals surface area (Å²) in [5.74, 6) is -1.62. The van der Waals surface area contributed by atoms with E-state index in [9.17, 15) is 19.3 Å². The number of hydrogen-bond acceptors (Lipinski definition) is 8. The monoisotopic (exact) mass is 465 g/mol. The van der Waals surface area contributed by atoms with Crippen LogP contribution in [0, 0.1) is 15.9 Å². The first-order valence-corrected chi connectivity index (χ1v) is 10.2. The fourth-order valence-corrected chi connectivity index (χ4v) is 3.67. The Morgan fingerprint density at radius 1 is 1.26 bits per heavy atom. The summed E-state index contributed by atoms with van der Waals surface area (Å²) in [4.78, 5) is 31.5. The number of aryl methyl sites for hydroxylation is 1. The maximum Gasteiger partial charge on any atom is 0.341 e. The summed E-state index contributed by atoms with van der Waals surface area (Å²) in [7, 11) is 2.56. The highest BCUT2D eigenvalue weighted by Gasteiger charge is 2.23. The number of ether oxygens (including phenoxy) is 2. The number of carbonyl (C=O) groups is 1. The van der Waals surface area contributed by atoms with Crippen molar-refractivity contribution in [1.29, 1.82) is 0 Å². The number of nitro benzene ring substituents is 1. The van der Waals surface area contributed by atoms with Crippen LogP contribution in [0.1, 0.15) is 17.3 Å². The van der Waals surface area contributed by atoms with Crippen molar-refractivity contribution in [3.8, 4) is 17.0 Å². The van der Waals surface area contributed by atoms with Gasteiger partial charge in [-0.2, -0.15) is 4.39 Å². The van der Waals surface area contributed by atoms with E-state index in [-0.39, 0.29) is 22.9 Å². The smallest absolute Gasteiger partial charge is 0.341 e. The van der Waals surface area contributed by atoms with E-state index in [1.54, 1.807) is 0 Å². The van der Waals surface area contributed by atoms with Crippen molar-refractivity contribution in [2.24, 2.45) is 0 Å². The molecule has 0 saturated heterocycles. The van der Waals surface area contributed by atoms with Gasteiger partial charge in [0.25, 0.3) is 0 Å². The van der Waals surface area contributed by atoms with Gasteiger partial charge in [0, 0.05) is 47.5 Å². The predicted octanol–water partition coefficient (Wildman–Crippen LogP) is 4.70. The second-order valence-corrected chi connectivity index (χ2v) is 7.18. The molecule has 1 N–H and O–H groups in total. The molecule has 0 bridgehead atoms. The molecule has 0 aliphatic carbocycles. The molecular formula is C23H20FN5O5. The molecule has 0 atom stereocenters. The highest BCUT2D eigenvalue weighted by molar-refractivity contribution is 6.02. The van der Waals surface area contributed by atoms with Gasteiger partial charge in [-0.05, 0) is 13.0 Å². The molecular weight excluding hydrogens is 445 g/mol. The minimum atomic E-state index is -1.04. The zero-order valence-corrected chi connectivity index (χ0v) is 18.5. The Hall–Kier alpha value is -4.54. The summed E-state index contributed by atoms with van der Waals surface area (Å²) >= 11 is 0. The Morgan fingerprint density at radius 2 is 2.03 bits per heavy atom. The van der Waals surface area contributed by atoms with Crippen LogP contribution in [0.2, 0.25) is 0 Å². The van der Waals surface area contributed by atoms with Crippen molar-refractivity contribution >= 4 is 34.2 Å². The number of methoxy groups -OCH3 is 2. The van der Waals surface area contributed by atoms with E-state index in [0.717, 1.165) is 23.0 Å². The van der Waals surface area contributed by atoms with Gasteiger partial charge in [-0.15, -0.1) is 0 Å². The number of anilines is 2. The van der Waals surface area contributed by atoms with Gasteiger partial charge in [0.05, 0.1) is 30.5 Å². The molecule has 0 amide bonds. The van der Waals surface area contributed by atoms with E-state index < -0.39 is 22.4 Å². The normalized spacial score (nSPS) is 10.8. The maximum atomic E-state index is 14.0. The van der Waals surface area contributed by atoms with E-state index >= 15 is 0 Å². The second kappa shape index (κ2) is 9.14. The molecule has 0 aliphatic rings. The van der Waals surface area contributed by atoms with Crippen LogP contribution in [0.3, 0.4) is 0 Å². The van der Waals surface area contributed by atoms with Crippen LogP contribution in [0.5, 0.6) is 5.75 Å². The highest BCUT2D eigenvalue weighted by atomic mass is 19.1. The number of carbonyl (C=O) groups excluding carboxylic acids is 1. The number of rotatable bonds is 7. The third-order valence-corrected chi connectivity index (χ3v) is 5.29. The molecule has 11 heteroatoms. The van der Waals surface area contributed by atoms with Crippen LogP contribution in [0.15, 0.2) is 48.8 Å². The molecule has 174 valence electrons. The molecule has 0 radical (unpaired) electrons. The first-order chi connectivity index (χ1) is 16.4. The van der Waals surface area contributed by atoms with Crippen LogP contribution >= 0.6 is 0 Å². The lowest BCUT2D eigenvalue weighted by molar-refractivity contribution is -0.387. The van der Waals surface area contributed by atoms with Gasteiger partial charge in [0.15, 0.2) is 0 Å². The average Bonchev–Trinajstić information content (AvgIpc) is 3.23. The van der Waals surface area contributed by atoms with Crippen LogP contribution in [0.25, 0.3) is 22.2 Å². The number of fused-ring (bicyclic) bond motifs is 1. The lowest BCUT2D eigenvalue weighted by atomic mass is 10.1. The summed E-state index contributed by atoms with van der Waals surface area (Å²) < 4.78 is 26.1. The molecule has 0 aliphatic heterocycles. The van der Waals surface area contributed by atoms with Gasteiger partial charge >= 0.3 is 11.7 Å². The quantitative estimate of drug-likeness (QED) is 0.237. The molecule has 4 aromatic rings. The Morgan fingerprint density at radius 3 is 2.71 bits per heavy atom. The van der Waals surface area contributed by atoms with E-state index in [0.29, 0.717) is 17.8 Å². The SMILES string of the molecule is CCn1cc(-c2nc(Nc3cc([N+](=O)[O-])c(F)cc3OC)ncc2C(=O)OC)c2ccccc21. The third-order valence-electron chi connectivity index (χ3n) is 5.29. The molecule has 0 saturated carbocycles. The fraction of sp³-hybridized carbons (Fsp3) is 0.174. The molecule has 0 unspecified atom stereocenters. The summed E-state index contributed by atoms with van der Waals surface area (Å²) in [6.07, 6.45) is 3.19. The third kappa shape index (κ3) is 3.98. The van der Waals surface area contributed by atoms with Crippen molar-refractivity contribution in [3.05, 3.63) is 70.3 Å². The molecule has 0 fully saturated rings. The topological polar surface area (TPSA) is 121 Å². The van der Waals surface area contributed by atoms with E-state index in [4.69, 9.17) is 9.47 Å². The lowest BCUT2D eigenvalue weighted by Gasteiger charge is -2.12. The Kier molecular flexibility index (Phi) is 6.09. The highest BCUT2D eigenvalue weighted by Crippen LogP contribution is 2.35. The number of para-hydroxylation sites is 1. The van der Waals surface area contributed by atoms with Crippen LogP contribution in [-0.4, -0.2) is 39.6 Å². The average molecular weight is 465 g/mol. The number of nitrogens with zero attached hydrogens (tertiary/aromatic N) is 4.